The van der Waals surface area contributed by atoms with Gasteiger partial charge in [0.25, 0.3) is 0 Å². The van der Waals surface area contributed by atoms with E-state index in [4.69, 9.17) is 0 Å². The fourth-order valence-electron chi connectivity index (χ4n) is 1.17. The summed E-state index contributed by atoms with van der Waals surface area (Å²) in [5, 5.41) is 0. The van der Waals surface area contributed by atoms with E-state index in [2.05, 4.69) is 30.2 Å². The van der Waals surface area contributed by atoms with Crippen LogP contribution < -0.4 is 0 Å². The lowest BCUT2D eigenvalue weighted by atomic mass is 10.2. The van der Waals surface area contributed by atoms with Crippen LogP contribution in [0.3, 0.4) is 0 Å². The van der Waals surface area contributed by atoms with Crippen LogP contribution in [0, 0.1) is 0 Å². The van der Waals surface area contributed by atoms with Gasteiger partial charge in [-0.25, -0.2) is 0 Å². The lowest BCUT2D eigenvalue weighted by Gasteiger charge is -2.25. The Balaban J connectivity index is 2.09. The van der Waals surface area contributed by atoms with Crippen molar-refractivity contribution >= 4 is 11.8 Å². The van der Waals surface area contributed by atoms with Crippen LogP contribution in [0.25, 0.3) is 0 Å². The molecule has 1 saturated heterocycles. The number of nitrogens with zero attached hydrogens (tertiary/aromatic N) is 1. The molecule has 64 valence electrons. The van der Waals surface area contributed by atoms with Crippen LogP contribution in [0.1, 0.15) is 13.3 Å². The van der Waals surface area contributed by atoms with E-state index in [0.717, 1.165) is 0 Å². The van der Waals surface area contributed by atoms with Gasteiger partial charge < -0.3 is 4.90 Å². The number of rotatable bonds is 3. The molecule has 0 aromatic rings. The first-order valence-corrected chi connectivity index (χ1v) is 5.39. The maximum absolute atomic E-state index is 3.91. The largest absolute Gasteiger partial charge is 0.301 e. The predicted molar refractivity (Wildman–Crippen MR) is 53.2 cm³/mol. The summed E-state index contributed by atoms with van der Waals surface area (Å²) in [6.07, 6.45) is 1.17. The van der Waals surface area contributed by atoms with Crippen molar-refractivity contribution in [1.29, 1.82) is 0 Å². The molecule has 1 aliphatic rings. The summed E-state index contributed by atoms with van der Waals surface area (Å²) in [6.45, 7) is 9.79. The molecule has 2 heteroatoms. The Morgan fingerprint density at radius 2 is 2.09 bits per heavy atom. The number of hydrogen-bond acceptors (Lipinski definition) is 2. The highest BCUT2D eigenvalue weighted by Crippen LogP contribution is 2.10. The van der Waals surface area contributed by atoms with E-state index in [0.29, 0.717) is 0 Å². The van der Waals surface area contributed by atoms with Crippen LogP contribution in [0.15, 0.2) is 12.2 Å². The smallest absolute Gasteiger partial charge is 0.00728 e. The highest BCUT2D eigenvalue weighted by Gasteiger charge is 2.08. The summed E-state index contributed by atoms with van der Waals surface area (Å²) >= 11 is 2.07. The van der Waals surface area contributed by atoms with Gasteiger partial charge in [0.15, 0.2) is 0 Å². The first-order valence-electron chi connectivity index (χ1n) is 4.23. The average molecular weight is 171 g/mol. The zero-order valence-electron chi connectivity index (χ0n) is 7.31. The molecule has 0 aliphatic carbocycles. The third-order valence-corrected chi connectivity index (χ3v) is 2.90. The standard InChI is InChI=1S/C9H17NS/c1-9(2)3-4-10-5-7-11-8-6-10/h1,3-8H2,2H3. The molecule has 0 unspecified atom stereocenters. The van der Waals surface area contributed by atoms with Gasteiger partial charge in [-0.1, -0.05) is 5.57 Å². The average Bonchev–Trinajstić information content (AvgIpc) is 2.03. The summed E-state index contributed by atoms with van der Waals surface area (Å²) < 4.78 is 0. The minimum Gasteiger partial charge on any atom is -0.301 e. The van der Waals surface area contributed by atoms with Crippen molar-refractivity contribution in [2.45, 2.75) is 13.3 Å². The van der Waals surface area contributed by atoms with Crippen molar-refractivity contribution < 1.29 is 0 Å². The monoisotopic (exact) mass is 171 g/mol. The molecule has 0 saturated carbocycles. The van der Waals surface area contributed by atoms with Crippen molar-refractivity contribution in [3.05, 3.63) is 12.2 Å². The van der Waals surface area contributed by atoms with Crippen molar-refractivity contribution in [1.82, 2.24) is 4.90 Å². The molecule has 11 heavy (non-hydrogen) atoms. The number of thioether (sulfide) groups is 1. The van der Waals surface area contributed by atoms with Gasteiger partial charge in [0.1, 0.15) is 0 Å². The summed E-state index contributed by atoms with van der Waals surface area (Å²) in [7, 11) is 0. The van der Waals surface area contributed by atoms with Crippen LogP contribution in [-0.2, 0) is 0 Å². The van der Waals surface area contributed by atoms with E-state index in [-0.39, 0.29) is 0 Å². The minimum atomic E-state index is 1.17. The summed E-state index contributed by atoms with van der Waals surface area (Å²) in [4.78, 5) is 2.53. The van der Waals surface area contributed by atoms with E-state index < -0.39 is 0 Å². The second-order valence-corrected chi connectivity index (χ2v) is 4.39. The Morgan fingerprint density at radius 3 is 2.64 bits per heavy atom. The van der Waals surface area contributed by atoms with Crippen molar-refractivity contribution in [3.8, 4) is 0 Å². The van der Waals surface area contributed by atoms with Crippen LogP contribution in [0.2, 0.25) is 0 Å². The summed E-state index contributed by atoms with van der Waals surface area (Å²) in [5.41, 5.74) is 1.31. The van der Waals surface area contributed by atoms with Crippen molar-refractivity contribution in [2.24, 2.45) is 0 Å². The lowest BCUT2D eigenvalue weighted by molar-refractivity contribution is 0.306. The highest BCUT2D eigenvalue weighted by atomic mass is 32.2. The molecule has 1 aliphatic heterocycles. The predicted octanol–water partition coefficient (Wildman–Crippen LogP) is 2.00. The normalized spacial score (nSPS) is 20.1. The summed E-state index contributed by atoms with van der Waals surface area (Å²) in [6, 6.07) is 0. The molecule has 1 fully saturated rings. The maximum Gasteiger partial charge on any atom is 0.00728 e. The Labute approximate surface area is 73.8 Å². The van der Waals surface area contributed by atoms with Crippen LogP contribution in [-0.4, -0.2) is 36.0 Å². The SMILES string of the molecule is C=C(C)CCN1CCSCC1. The van der Waals surface area contributed by atoms with Gasteiger partial charge in [0, 0.05) is 31.1 Å². The third kappa shape index (κ3) is 3.82. The lowest BCUT2D eigenvalue weighted by Crippen LogP contribution is -2.33. The van der Waals surface area contributed by atoms with Gasteiger partial charge in [-0.3, -0.25) is 0 Å². The highest BCUT2D eigenvalue weighted by molar-refractivity contribution is 7.99. The van der Waals surface area contributed by atoms with E-state index >= 15 is 0 Å². The van der Waals surface area contributed by atoms with E-state index in [1.807, 2.05) is 0 Å². The van der Waals surface area contributed by atoms with Gasteiger partial charge >= 0.3 is 0 Å². The molecule has 0 spiro atoms. The van der Waals surface area contributed by atoms with Gasteiger partial charge in [0.05, 0.1) is 0 Å². The Kier molecular flexibility index (Phi) is 4.02. The second kappa shape index (κ2) is 4.83. The first kappa shape index (κ1) is 9.14. The van der Waals surface area contributed by atoms with Crippen molar-refractivity contribution in [3.63, 3.8) is 0 Å². The molecule has 0 radical (unpaired) electrons. The maximum atomic E-state index is 3.91. The van der Waals surface area contributed by atoms with E-state index in [9.17, 15) is 0 Å². The van der Waals surface area contributed by atoms with Gasteiger partial charge in [-0.2, -0.15) is 11.8 Å². The van der Waals surface area contributed by atoms with Crippen LogP contribution in [0.4, 0.5) is 0 Å². The van der Waals surface area contributed by atoms with E-state index in [1.165, 1.54) is 43.1 Å². The quantitative estimate of drug-likeness (QED) is 0.598. The molecule has 0 amide bonds. The topological polar surface area (TPSA) is 3.24 Å². The second-order valence-electron chi connectivity index (χ2n) is 3.16. The van der Waals surface area contributed by atoms with Crippen molar-refractivity contribution in [2.75, 3.05) is 31.1 Å². The molecule has 0 bridgehead atoms. The third-order valence-electron chi connectivity index (χ3n) is 1.96. The van der Waals surface area contributed by atoms with Crippen LogP contribution in [0.5, 0.6) is 0 Å². The Morgan fingerprint density at radius 1 is 1.45 bits per heavy atom. The zero-order chi connectivity index (χ0) is 8.10. The zero-order valence-corrected chi connectivity index (χ0v) is 8.12. The molecule has 1 nitrogen and oxygen atoms in total. The molecular formula is C9H17NS. The Bertz CT molecular complexity index is 128. The number of hydrogen-bond donors (Lipinski definition) is 0. The molecule has 0 atom stereocenters. The minimum absolute atomic E-state index is 1.17. The van der Waals surface area contributed by atoms with Crippen LogP contribution >= 0.6 is 11.8 Å². The van der Waals surface area contributed by atoms with E-state index in [1.54, 1.807) is 0 Å². The molecule has 0 aromatic heterocycles. The molecule has 1 heterocycles. The fourth-order valence-corrected chi connectivity index (χ4v) is 2.15. The Hall–Kier alpha value is 0.0500. The fraction of sp³-hybridized carbons (Fsp3) is 0.778. The van der Waals surface area contributed by atoms with Gasteiger partial charge in [-0.05, 0) is 13.3 Å². The molecule has 0 aromatic carbocycles. The molecule has 1 rings (SSSR count). The molecule has 0 N–H and O–H groups in total. The van der Waals surface area contributed by atoms with Gasteiger partial charge in [-0.15, -0.1) is 6.58 Å². The molecular weight excluding hydrogens is 154 g/mol. The summed E-state index contributed by atoms with van der Waals surface area (Å²) in [5.74, 6) is 2.63. The first-order chi connectivity index (χ1) is 5.29. The van der Waals surface area contributed by atoms with Gasteiger partial charge in [0.2, 0.25) is 0 Å².